The molecule has 0 amide bonds. The number of carbonyl (C=O) groups is 1. The van der Waals surface area contributed by atoms with Crippen LogP contribution in [0.4, 0.5) is 0 Å². The minimum Gasteiger partial charge on any atom is -0.492 e. The Balaban J connectivity index is 0.00000128. The van der Waals surface area contributed by atoms with Crippen molar-refractivity contribution in [2.24, 2.45) is 5.73 Å². The summed E-state index contributed by atoms with van der Waals surface area (Å²) in [4.78, 5) is 11.0. The van der Waals surface area contributed by atoms with Gasteiger partial charge in [-0.1, -0.05) is 6.07 Å². The molecule has 1 aromatic carbocycles. The van der Waals surface area contributed by atoms with Crippen molar-refractivity contribution < 1.29 is 14.6 Å². The zero-order chi connectivity index (χ0) is 11.0. The van der Waals surface area contributed by atoms with Crippen molar-refractivity contribution in [2.45, 2.75) is 19.4 Å². The van der Waals surface area contributed by atoms with Crippen LogP contribution in [-0.2, 0) is 0 Å². The fourth-order valence-corrected chi connectivity index (χ4v) is 1.91. The number of aromatic carboxylic acids is 1. The van der Waals surface area contributed by atoms with Gasteiger partial charge >= 0.3 is 5.97 Å². The van der Waals surface area contributed by atoms with E-state index in [2.05, 4.69) is 0 Å². The first kappa shape index (κ1) is 12.8. The van der Waals surface area contributed by atoms with Gasteiger partial charge in [-0.05, 0) is 18.6 Å². The summed E-state index contributed by atoms with van der Waals surface area (Å²) in [6.45, 7) is 2.40. The van der Waals surface area contributed by atoms with Gasteiger partial charge in [0.15, 0.2) is 0 Å². The maximum atomic E-state index is 11.0. The van der Waals surface area contributed by atoms with Gasteiger partial charge in [-0.2, -0.15) is 0 Å². The number of nitrogens with two attached hydrogens (primary N) is 1. The monoisotopic (exact) mass is 243 g/mol. The molecule has 0 radical (unpaired) electrons. The molecule has 0 unspecified atom stereocenters. The highest BCUT2D eigenvalue weighted by Gasteiger charge is 2.25. The van der Waals surface area contributed by atoms with E-state index in [-0.39, 0.29) is 24.0 Å². The highest BCUT2D eigenvalue weighted by molar-refractivity contribution is 5.91. The average Bonchev–Trinajstić information content (AvgIpc) is 2.17. The standard InChI is InChI=1S/C11H13NO3.ClH/c1-6-2-3-7(11(13)14)10-9(6)8(12)4-5-15-10;/h2-3,8H,4-5,12H2,1H3,(H,13,14);1H/t8-;/m0./s1. The molecule has 2 rings (SSSR count). The molecule has 0 aliphatic carbocycles. The summed E-state index contributed by atoms with van der Waals surface area (Å²) in [7, 11) is 0. The summed E-state index contributed by atoms with van der Waals surface area (Å²) in [5, 5.41) is 9.00. The van der Waals surface area contributed by atoms with E-state index in [0.29, 0.717) is 12.4 Å². The van der Waals surface area contributed by atoms with Crippen LogP contribution in [-0.4, -0.2) is 17.7 Å². The molecule has 1 atom stereocenters. The Bertz CT molecular complexity index is 420. The number of hydrogen-bond donors (Lipinski definition) is 2. The Labute approximate surface area is 99.8 Å². The van der Waals surface area contributed by atoms with Crippen LogP contribution < -0.4 is 10.5 Å². The van der Waals surface area contributed by atoms with Gasteiger partial charge < -0.3 is 15.6 Å². The van der Waals surface area contributed by atoms with Crippen LogP contribution in [0.5, 0.6) is 5.75 Å². The predicted octanol–water partition coefficient (Wildman–Crippen LogP) is 1.90. The molecule has 0 saturated heterocycles. The lowest BCUT2D eigenvalue weighted by atomic mass is 9.94. The zero-order valence-electron chi connectivity index (χ0n) is 8.90. The number of rotatable bonds is 1. The topological polar surface area (TPSA) is 72.5 Å². The molecule has 3 N–H and O–H groups in total. The van der Waals surface area contributed by atoms with Crippen molar-refractivity contribution in [3.05, 3.63) is 28.8 Å². The SMILES string of the molecule is Cc1ccc(C(=O)O)c2c1[C@@H](N)CCO2.Cl. The van der Waals surface area contributed by atoms with Gasteiger partial charge in [-0.25, -0.2) is 4.79 Å². The summed E-state index contributed by atoms with van der Waals surface area (Å²) in [6, 6.07) is 3.22. The molecule has 1 heterocycles. The molecule has 16 heavy (non-hydrogen) atoms. The largest absolute Gasteiger partial charge is 0.492 e. The third kappa shape index (κ3) is 1.99. The number of aryl methyl sites for hydroxylation is 1. The molecule has 0 aromatic heterocycles. The molecular formula is C11H14ClNO3. The van der Waals surface area contributed by atoms with E-state index in [1.165, 1.54) is 0 Å². The number of fused-ring (bicyclic) bond motifs is 1. The van der Waals surface area contributed by atoms with E-state index in [4.69, 9.17) is 15.6 Å². The van der Waals surface area contributed by atoms with Crippen molar-refractivity contribution in [1.29, 1.82) is 0 Å². The molecular weight excluding hydrogens is 230 g/mol. The molecule has 88 valence electrons. The molecule has 1 aliphatic rings. The van der Waals surface area contributed by atoms with Crippen LogP contribution in [0.1, 0.15) is 33.9 Å². The van der Waals surface area contributed by atoms with Crippen LogP contribution in [0.3, 0.4) is 0 Å². The van der Waals surface area contributed by atoms with E-state index in [1.807, 2.05) is 6.92 Å². The van der Waals surface area contributed by atoms with Crippen LogP contribution in [0.25, 0.3) is 0 Å². The fourth-order valence-electron chi connectivity index (χ4n) is 1.91. The van der Waals surface area contributed by atoms with Crippen molar-refractivity contribution in [1.82, 2.24) is 0 Å². The van der Waals surface area contributed by atoms with Gasteiger partial charge in [0.25, 0.3) is 0 Å². The number of carboxylic acid groups (broad SMARTS) is 1. The molecule has 0 spiro atoms. The lowest BCUT2D eigenvalue weighted by Crippen LogP contribution is -2.23. The van der Waals surface area contributed by atoms with Crippen LogP contribution in [0.2, 0.25) is 0 Å². The highest BCUT2D eigenvalue weighted by Crippen LogP contribution is 2.36. The summed E-state index contributed by atoms with van der Waals surface area (Å²) in [6.07, 6.45) is 0.733. The average molecular weight is 244 g/mol. The fraction of sp³-hybridized carbons (Fsp3) is 0.364. The second-order valence-electron chi connectivity index (χ2n) is 3.72. The predicted molar refractivity (Wildman–Crippen MR) is 62.4 cm³/mol. The zero-order valence-corrected chi connectivity index (χ0v) is 9.71. The number of halogens is 1. The minimum atomic E-state index is -0.972. The second kappa shape index (κ2) is 4.72. The van der Waals surface area contributed by atoms with Gasteiger partial charge in [-0.3, -0.25) is 0 Å². The molecule has 0 bridgehead atoms. The number of carboxylic acids is 1. The Morgan fingerprint density at radius 3 is 2.88 bits per heavy atom. The first-order valence-corrected chi connectivity index (χ1v) is 4.86. The Kier molecular flexibility index (Phi) is 3.78. The van der Waals surface area contributed by atoms with Crippen molar-refractivity contribution in [3.63, 3.8) is 0 Å². The lowest BCUT2D eigenvalue weighted by molar-refractivity contribution is 0.0690. The minimum absolute atomic E-state index is 0. The van der Waals surface area contributed by atoms with Crippen LogP contribution in [0.15, 0.2) is 12.1 Å². The summed E-state index contributed by atoms with van der Waals surface area (Å²) in [5.41, 5.74) is 7.97. The smallest absolute Gasteiger partial charge is 0.339 e. The van der Waals surface area contributed by atoms with E-state index in [9.17, 15) is 4.79 Å². The van der Waals surface area contributed by atoms with Gasteiger partial charge in [0.05, 0.1) is 6.61 Å². The molecule has 1 aliphatic heterocycles. The normalized spacial score (nSPS) is 18.0. The number of ether oxygens (including phenoxy) is 1. The summed E-state index contributed by atoms with van der Waals surface area (Å²) < 4.78 is 5.41. The molecule has 1 aromatic rings. The maximum absolute atomic E-state index is 11.0. The Morgan fingerprint density at radius 1 is 1.56 bits per heavy atom. The van der Waals surface area contributed by atoms with Gasteiger partial charge in [-0.15, -0.1) is 12.4 Å². The lowest BCUT2D eigenvalue weighted by Gasteiger charge is -2.25. The summed E-state index contributed by atoms with van der Waals surface area (Å²) in [5.74, 6) is -0.526. The van der Waals surface area contributed by atoms with E-state index < -0.39 is 5.97 Å². The first-order valence-electron chi connectivity index (χ1n) is 4.86. The first-order chi connectivity index (χ1) is 7.11. The highest BCUT2D eigenvalue weighted by atomic mass is 35.5. The quantitative estimate of drug-likeness (QED) is 0.790. The maximum Gasteiger partial charge on any atom is 0.339 e. The van der Waals surface area contributed by atoms with E-state index >= 15 is 0 Å². The van der Waals surface area contributed by atoms with Crippen LogP contribution >= 0.6 is 12.4 Å². The Morgan fingerprint density at radius 2 is 2.25 bits per heavy atom. The third-order valence-corrected chi connectivity index (χ3v) is 2.69. The van der Waals surface area contributed by atoms with E-state index in [1.54, 1.807) is 12.1 Å². The van der Waals surface area contributed by atoms with Gasteiger partial charge in [0.2, 0.25) is 0 Å². The second-order valence-corrected chi connectivity index (χ2v) is 3.72. The van der Waals surface area contributed by atoms with Gasteiger partial charge in [0, 0.05) is 18.0 Å². The van der Waals surface area contributed by atoms with Crippen molar-refractivity contribution >= 4 is 18.4 Å². The van der Waals surface area contributed by atoms with Crippen molar-refractivity contribution in [2.75, 3.05) is 6.61 Å². The molecule has 4 nitrogen and oxygen atoms in total. The Hall–Kier alpha value is -1.26. The molecule has 0 fully saturated rings. The number of benzene rings is 1. The van der Waals surface area contributed by atoms with Crippen LogP contribution in [0, 0.1) is 6.92 Å². The molecule has 0 saturated carbocycles. The molecule has 5 heteroatoms. The van der Waals surface area contributed by atoms with Crippen molar-refractivity contribution in [3.8, 4) is 5.75 Å². The summed E-state index contributed by atoms with van der Waals surface area (Å²) >= 11 is 0. The third-order valence-electron chi connectivity index (χ3n) is 2.69. The number of hydrogen-bond acceptors (Lipinski definition) is 3. The van der Waals surface area contributed by atoms with Gasteiger partial charge in [0.1, 0.15) is 11.3 Å². The van der Waals surface area contributed by atoms with E-state index in [0.717, 1.165) is 17.5 Å².